The number of fused-ring (bicyclic) bond motifs is 1. The van der Waals surface area contributed by atoms with Crippen molar-refractivity contribution >= 4 is 11.8 Å². The summed E-state index contributed by atoms with van der Waals surface area (Å²) >= 11 is 0. The van der Waals surface area contributed by atoms with Gasteiger partial charge in [0.05, 0.1) is 26.4 Å². The number of rotatable bonds is 11. The van der Waals surface area contributed by atoms with Gasteiger partial charge in [-0.1, -0.05) is 18.2 Å². The number of carbonyl (C=O) groups is 2. The molecule has 35 heavy (non-hydrogen) atoms. The summed E-state index contributed by atoms with van der Waals surface area (Å²) < 4.78 is 17.0. The molecule has 2 unspecified atom stereocenters. The van der Waals surface area contributed by atoms with Crippen molar-refractivity contribution in [2.45, 2.75) is 51.8 Å². The summed E-state index contributed by atoms with van der Waals surface area (Å²) in [7, 11) is 1.59. The Morgan fingerprint density at radius 2 is 1.83 bits per heavy atom. The van der Waals surface area contributed by atoms with E-state index in [0.29, 0.717) is 24.6 Å². The predicted molar refractivity (Wildman–Crippen MR) is 131 cm³/mol. The van der Waals surface area contributed by atoms with Crippen LogP contribution in [-0.2, 0) is 22.6 Å². The first kappa shape index (κ1) is 25.0. The average molecular weight is 483 g/mol. The smallest absolute Gasteiger partial charge is 0.229 e. The van der Waals surface area contributed by atoms with Gasteiger partial charge in [0.15, 0.2) is 11.5 Å². The minimum Gasteiger partial charge on any atom is -0.493 e. The molecule has 2 amide bonds. The number of likely N-dealkylation sites (tertiary alicyclic amines) is 1. The van der Waals surface area contributed by atoms with E-state index in [9.17, 15) is 14.7 Å². The Morgan fingerprint density at radius 1 is 1.06 bits per heavy atom. The van der Waals surface area contributed by atoms with Gasteiger partial charge in [0.1, 0.15) is 12.4 Å². The largest absolute Gasteiger partial charge is 0.493 e. The van der Waals surface area contributed by atoms with Crippen LogP contribution in [0.1, 0.15) is 49.4 Å². The molecule has 1 fully saturated rings. The van der Waals surface area contributed by atoms with E-state index in [2.05, 4.69) is 24.0 Å². The van der Waals surface area contributed by atoms with E-state index in [1.807, 2.05) is 24.3 Å². The van der Waals surface area contributed by atoms with E-state index in [4.69, 9.17) is 14.2 Å². The summed E-state index contributed by atoms with van der Waals surface area (Å²) in [6.45, 7) is 6.25. The van der Waals surface area contributed by atoms with Gasteiger partial charge in [0.25, 0.3) is 0 Å². The van der Waals surface area contributed by atoms with E-state index in [-0.39, 0.29) is 43.8 Å². The highest BCUT2D eigenvalue weighted by molar-refractivity contribution is 6.01. The number of hydrogen-bond acceptors (Lipinski definition) is 7. The lowest BCUT2D eigenvalue weighted by Gasteiger charge is -2.31. The van der Waals surface area contributed by atoms with Crippen LogP contribution in [0, 0.1) is 0 Å². The van der Waals surface area contributed by atoms with Gasteiger partial charge in [-0.3, -0.25) is 19.4 Å². The van der Waals surface area contributed by atoms with E-state index < -0.39 is 6.10 Å². The highest BCUT2D eigenvalue weighted by Crippen LogP contribution is 2.33. The predicted octanol–water partition coefficient (Wildman–Crippen LogP) is 3.10. The molecule has 8 heteroatoms. The number of amides is 2. The number of aliphatic hydroxyl groups excluding tert-OH is 1. The standard InChI is InChI=1S/C27H34N2O6/c1-18(30)16-28(19(2)21-5-7-23-22(15-21)10-12-34-23)17-20-4-6-24(25(14-20)33-3)35-13-11-29-26(31)8-9-27(29)32/h4-7,14-15,18-19,30H,8-13,16-17H2,1-3H3. The van der Waals surface area contributed by atoms with Crippen molar-refractivity contribution in [2.75, 3.05) is 33.4 Å². The molecule has 0 aliphatic carbocycles. The maximum Gasteiger partial charge on any atom is 0.229 e. The third kappa shape index (κ3) is 5.94. The molecule has 188 valence electrons. The van der Waals surface area contributed by atoms with E-state index in [1.54, 1.807) is 14.0 Å². The number of carbonyl (C=O) groups excluding carboxylic acids is 2. The molecule has 0 saturated carbocycles. The van der Waals surface area contributed by atoms with E-state index >= 15 is 0 Å². The van der Waals surface area contributed by atoms with Gasteiger partial charge in [-0.15, -0.1) is 0 Å². The topological polar surface area (TPSA) is 88.5 Å². The van der Waals surface area contributed by atoms with Gasteiger partial charge in [0.2, 0.25) is 11.8 Å². The van der Waals surface area contributed by atoms with Gasteiger partial charge in [-0.05, 0) is 48.7 Å². The summed E-state index contributed by atoms with van der Waals surface area (Å²) in [4.78, 5) is 27.1. The van der Waals surface area contributed by atoms with Crippen molar-refractivity contribution in [1.82, 2.24) is 9.80 Å². The number of benzene rings is 2. The molecule has 4 rings (SSSR count). The number of aliphatic hydroxyl groups is 1. The van der Waals surface area contributed by atoms with Crippen LogP contribution in [0.25, 0.3) is 0 Å². The first-order chi connectivity index (χ1) is 16.9. The molecule has 2 aliphatic rings. The maximum absolute atomic E-state index is 11.8. The van der Waals surface area contributed by atoms with Gasteiger partial charge in [-0.25, -0.2) is 0 Å². The molecule has 1 N–H and O–H groups in total. The number of methoxy groups -OCH3 is 1. The summed E-state index contributed by atoms with van der Waals surface area (Å²) in [6.07, 6.45) is 0.996. The molecular weight excluding hydrogens is 448 g/mol. The van der Waals surface area contributed by atoms with Crippen LogP contribution in [-0.4, -0.2) is 66.2 Å². The van der Waals surface area contributed by atoms with Crippen LogP contribution < -0.4 is 14.2 Å². The fraction of sp³-hybridized carbons (Fsp3) is 0.481. The second kappa shape index (κ2) is 11.1. The zero-order chi connectivity index (χ0) is 24.9. The molecule has 0 spiro atoms. The lowest BCUT2D eigenvalue weighted by molar-refractivity contribution is -0.138. The Balaban J connectivity index is 1.44. The fourth-order valence-corrected chi connectivity index (χ4v) is 4.66. The van der Waals surface area contributed by atoms with Crippen molar-refractivity contribution < 1.29 is 28.9 Å². The Hall–Kier alpha value is -3.10. The quantitative estimate of drug-likeness (QED) is 0.493. The first-order valence-electron chi connectivity index (χ1n) is 12.2. The van der Waals surface area contributed by atoms with Crippen LogP contribution in [0.3, 0.4) is 0 Å². The molecule has 2 atom stereocenters. The Bertz CT molecular complexity index is 1050. The minimum atomic E-state index is -0.476. The van der Waals surface area contributed by atoms with Crippen LogP contribution in [0.2, 0.25) is 0 Å². The van der Waals surface area contributed by atoms with Crippen LogP contribution >= 0.6 is 0 Å². The summed E-state index contributed by atoms with van der Waals surface area (Å²) in [5.74, 6) is 1.81. The second-order valence-electron chi connectivity index (χ2n) is 9.19. The first-order valence-corrected chi connectivity index (χ1v) is 12.2. The zero-order valence-electron chi connectivity index (χ0n) is 20.7. The third-order valence-electron chi connectivity index (χ3n) is 6.58. The van der Waals surface area contributed by atoms with Gasteiger partial charge < -0.3 is 19.3 Å². The van der Waals surface area contributed by atoms with Crippen molar-refractivity contribution in [3.63, 3.8) is 0 Å². The SMILES string of the molecule is COc1cc(CN(CC(C)O)C(C)c2ccc3c(c2)CCO3)ccc1OCCN1C(=O)CCC1=O. The number of nitrogens with zero attached hydrogens (tertiary/aromatic N) is 2. The van der Waals surface area contributed by atoms with E-state index in [0.717, 1.165) is 24.3 Å². The normalized spacial score (nSPS) is 16.9. The number of imide groups is 1. The lowest BCUT2D eigenvalue weighted by atomic mass is 10.0. The average Bonchev–Trinajstić information content (AvgIpc) is 3.44. The van der Waals surface area contributed by atoms with Gasteiger partial charge in [0, 0.05) is 38.4 Å². The number of ether oxygens (including phenoxy) is 3. The molecule has 1 saturated heterocycles. The van der Waals surface area contributed by atoms with Crippen LogP contribution in [0.15, 0.2) is 36.4 Å². The molecule has 2 heterocycles. The Labute approximate surface area is 206 Å². The molecule has 2 aromatic carbocycles. The maximum atomic E-state index is 11.8. The van der Waals surface area contributed by atoms with Crippen molar-refractivity contribution in [3.05, 3.63) is 53.1 Å². The highest BCUT2D eigenvalue weighted by Gasteiger charge is 2.28. The summed E-state index contributed by atoms with van der Waals surface area (Å²) in [5, 5.41) is 10.2. The molecule has 8 nitrogen and oxygen atoms in total. The number of hydrogen-bond donors (Lipinski definition) is 1. The minimum absolute atomic E-state index is 0.0907. The van der Waals surface area contributed by atoms with Crippen LogP contribution in [0.5, 0.6) is 17.2 Å². The summed E-state index contributed by atoms with van der Waals surface area (Å²) in [6, 6.07) is 12.2. The summed E-state index contributed by atoms with van der Waals surface area (Å²) in [5.41, 5.74) is 3.44. The van der Waals surface area contributed by atoms with Crippen molar-refractivity contribution in [3.8, 4) is 17.2 Å². The molecule has 2 aromatic rings. The molecule has 0 bridgehead atoms. The van der Waals surface area contributed by atoms with E-state index in [1.165, 1.54) is 16.0 Å². The third-order valence-corrected chi connectivity index (χ3v) is 6.58. The fourth-order valence-electron chi connectivity index (χ4n) is 4.66. The van der Waals surface area contributed by atoms with Gasteiger partial charge >= 0.3 is 0 Å². The highest BCUT2D eigenvalue weighted by atomic mass is 16.5. The zero-order valence-corrected chi connectivity index (χ0v) is 20.7. The lowest BCUT2D eigenvalue weighted by Crippen LogP contribution is -2.33. The van der Waals surface area contributed by atoms with Crippen molar-refractivity contribution in [2.24, 2.45) is 0 Å². The monoisotopic (exact) mass is 482 g/mol. The second-order valence-corrected chi connectivity index (χ2v) is 9.19. The van der Waals surface area contributed by atoms with Crippen molar-refractivity contribution in [1.29, 1.82) is 0 Å². The molecule has 2 aliphatic heterocycles. The molecule has 0 aromatic heterocycles. The Morgan fingerprint density at radius 3 is 2.54 bits per heavy atom. The molecular formula is C27H34N2O6. The van der Waals surface area contributed by atoms with Gasteiger partial charge in [-0.2, -0.15) is 0 Å². The van der Waals surface area contributed by atoms with Crippen LogP contribution in [0.4, 0.5) is 0 Å². The molecule has 0 radical (unpaired) electrons. The Kier molecular flexibility index (Phi) is 7.93.